The van der Waals surface area contributed by atoms with Crippen LogP contribution in [-0.2, 0) is 23.1 Å². The van der Waals surface area contributed by atoms with Gasteiger partial charge in [0, 0.05) is 33.1 Å². The Morgan fingerprint density at radius 2 is 2.46 bits per heavy atom. The lowest BCUT2D eigenvalue weighted by Gasteiger charge is -2.01. The molecule has 1 N–H and O–H groups in total. The normalized spacial score (nSPS) is 10.0. The van der Waals surface area contributed by atoms with Crippen LogP contribution >= 0.6 is 0 Å². The average molecular weight is 182 g/mol. The van der Waals surface area contributed by atoms with Crippen molar-refractivity contribution in [3.8, 4) is 0 Å². The number of methoxy groups -OCH3 is 1. The van der Waals surface area contributed by atoms with Crippen molar-refractivity contribution in [2.24, 2.45) is 7.05 Å². The van der Waals surface area contributed by atoms with E-state index in [2.05, 4.69) is 10.1 Å². The molecule has 4 heteroatoms. The van der Waals surface area contributed by atoms with E-state index in [9.17, 15) is 4.79 Å². The van der Waals surface area contributed by atoms with E-state index >= 15 is 0 Å². The molecule has 1 amide bonds. The summed E-state index contributed by atoms with van der Waals surface area (Å²) in [6, 6.07) is 1.97. The molecule has 13 heavy (non-hydrogen) atoms. The van der Waals surface area contributed by atoms with E-state index in [0.717, 1.165) is 5.56 Å². The SMILES string of the molecule is COCC(=O)NCc1ccn(C)c1. The molecule has 0 saturated heterocycles. The number of hydrogen-bond donors (Lipinski definition) is 1. The Morgan fingerprint density at radius 3 is 3.00 bits per heavy atom. The van der Waals surface area contributed by atoms with E-state index in [1.807, 2.05) is 30.1 Å². The lowest BCUT2D eigenvalue weighted by molar-refractivity contribution is -0.124. The molecule has 0 aliphatic heterocycles. The predicted octanol–water partition coefficient (Wildman–Crippen LogP) is 0.288. The van der Waals surface area contributed by atoms with Crippen LogP contribution in [0.3, 0.4) is 0 Å². The van der Waals surface area contributed by atoms with Crippen LogP contribution in [0.25, 0.3) is 0 Å². The van der Waals surface area contributed by atoms with Gasteiger partial charge in [0.2, 0.25) is 5.91 Å². The van der Waals surface area contributed by atoms with Gasteiger partial charge in [0.05, 0.1) is 0 Å². The summed E-state index contributed by atoms with van der Waals surface area (Å²) in [4.78, 5) is 11.0. The van der Waals surface area contributed by atoms with Crippen LogP contribution in [0.15, 0.2) is 18.5 Å². The van der Waals surface area contributed by atoms with Gasteiger partial charge < -0.3 is 14.6 Å². The molecule has 0 aliphatic carbocycles. The number of amides is 1. The van der Waals surface area contributed by atoms with E-state index in [-0.39, 0.29) is 12.5 Å². The molecule has 0 atom stereocenters. The fourth-order valence-corrected chi connectivity index (χ4v) is 1.05. The summed E-state index contributed by atoms with van der Waals surface area (Å²) >= 11 is 0. The van der Waals surface area contributed by atoms with Crippen molar-refractivity contribution in [2.45, 2.75) is 6.54 Å². The van der Waals surface area contributed by atoms with Gasteiger partial charge in [-0.15, -0.1) is 0 Å². The molecule has 0 aliphatic rings. The van der Waals surface area contributed by atoms with Crippen molar-refractivity contribution in [3.05, 3.63) is 24.0 Å². The molecule has 0 saturated carbocycles. The van der Waals surface area contributed by atoms with Crippen LogP contribution in [0.2, 0.25) is 0 Å². The van der Waals surface area contributed by atoms with Crippen molar-refractivity contribution >= 4 is 5.91 Å². The average Bonchev–Trinajstić information content (AvgIpc) is 2.49. The number of nitrogens with one attached hydrogen (secondary N) is 1. The van der Waals surface area contributed by atoms with Crippen molar-refractivity contribution in [1.82, 2.24) is 9.88 Å². The fraction of sp³-hybridized carbons (Fsp3) is 0.444. The van der Waals surface area contributed by atoms with Gasteiger partial charge in [0.25, 0.3) is 0 Å². The third kappa shape index (κ3) is 3.29. The molecule has 0 fully saturated rings. The van der Waals surface area contributed by atoms with Crippen molar-refractivity contribution in [1.29, 1.82) is 0 Å². The van der Waals surface area contributed by atoms with Gasteiger partial charge >= 0.3 is 0 Å². The van der Waals surface area contributed by atoms with Crippen molar-refractivity contribution in [3.63, 3.8) is 0 Å². The van der Waals surface area contributed by atoms with E-state index < -0.39 is 0 Å². The number of aryl methyl sites for hydroxylation is 1. The van der Waals surface area contributed by atoms with E-state index in [1.165, 1.54) is 7.11 Å². The standard InChI is InChI=1S/C9H14N2O2/c1-11-4-3-8(6-11)5-10-9(12)7-13-2/h3-4,6H,5,7H2,1-2H3,(H,10,12). The molecule has 0 aromatic carbocycles. The van der Waals surface area contributed by atoms with E-state index in [0.29, 0.717) is 6.54 Å². The van der Waals surface area contributed by atoms with Crippen molar-refractivity contribution < 1.29 is 9.53 Å². The van der Waals surface area contributed by atoms with Gasteiger partial charge in [0.1, 0.15) is 6.61 Å². The highest BCUT2D eigenvalue weighted by molar-refractivity contribution is 5.77. The van der Waals surface area contributed by atoms with Gasteiger partial charge in [0.15, 0.2) is 0 Å². The molecule has 72 valence electrons. The molecule has 1 aromatic heterocycles. The van der Waals surface area contributed by atoms with Crippen LogP contribution in [0, 0.1) is 0 Å². The Morgan fingerprint density at radius 1 is 1.69 bits per heavy atom. The van der Waals surface area contributed by atoms with E-state index in [1.54, 1.807) is 0 Å². The molecule has 0 spiro atoms. The fourth-order valence-electron chi connectivity index (χ4n) is 1.05. The van der Waals surface area contributed by atoms with Gasteiger partial charge in [-0.3, -0.25) is 4.79 Å². The number of nitrogens with zero attached hydrogens (tertiary/aromatic N) is 1. The zero-order chi connectivity index (χ0) is 9.68. The second kappa shape index (κ2) is 4.67. The first-order valence-electron chi connectivity index (χ1n) is 4.09. The minimum atomic E-state index is -0.0913. The number of hydrogen-bond acceptors (Lipinski definition) is 2. The summed E-state index contributed by atoms with van der Waals surface area (Å²) in [5.41, 5.74) is 1.09. The largest absolute Gasteiger partial charge is 0.375 e. The second-order valence-electron chi connectivity index (χ2n) is 2.89. The number of rotatable bonds is 4. The molecule has 1 heterocycles. The Balaban J connectivity index is 2.30. The van der Waals surface area contributed by atoms with Crippen molar-refractivity contribution in [2.75, 3.05) is 13.7 Å². The minimum Gasteiger partial charge on any atom is -0.375 e. The lowest BCUT2D eigenvalue weighted by Crippen LogP contribution is -2.26. The molecule has 0 unspecified atom stereocenters. The van der Waals surface area contributed by atoms with Crippen LogP contribution in [-0.4, -0.2) is 24.2 Å². The molecule has 0 bridgehead atoms. The highest BCUT2D eigenvalue weighted by Crippen LogP contribution is 1.97. The van der Waals surface area contributed by atoms with Gasteiger partial charge in [-0.1, -0.05) is 0 Å². The molecule has 0 radical (unpaired) electrons. The zero-order valence-electron chi connectivity index (χ0n) is 7.91. The monoisotopic (exact) mass is 182 g/mol. The second-order valence-corrected chi connectivity index (χ2v) is 2.89. The summed E-state index contributed by atoms with van der Waals surface area (Å²) in [6.45, 7) is 0.676. The molecular formula is C9H14N2O2. The van der Waals surface area contributed by atoms with Crippen LogP contribution in [0.5, 0.6) is 0 Å². The molecular weight excluding hydrogens is 168 g/mol. The van der Waals surface area contributed by atoms with Crippen LogP contribution in [0.4, 0.5) is 0 Å². The third-order valence-electron chi connectivity index (χ3n) is 1.66. The van der Waals surface area contributed by atoms with Crippen LogP contribution in [0.1, 0.15) is 5.56 Å². The van der Waals surface area contributed by atoms with Gasteiger partial charge in [-0.2, -0.15) is 0 Å². The number of ether oxygens (including phenoxy) is 1. The number of aromatic nitrogens is 1. The predicted molar refractivity (Wildman–Crippen MR) is 49.1 cm³/mol. The summed E-state index contributed by atoms with van der Waals surface area (Å²) in [5.74, 6) is -0.0913. The quantitative estimate of drug-likeness (QED) is 0.727. The molecule has 1 aromatic rings. The Bertz CT molecular complexity index is 281. The highest BCUT2D eigenvalue weighted by atomic mass is 16.5. The highest BCUT2D eigenvalue weighted by Gasteiger charge is 1.99. The van der Waals surface area contributed by atoms with Crippen LogP contribution < -0.4 is 5.32 Å². The minimum absolute atomic E-state index is 0.0913. The van der Waals surface area contributed by atoms with Gasteiger partial charge in [-0.05, 0) is 11.6 Å². The lowest BCUT2D eigenvalue weighted by atomic mass is 10.3. The summed E-state index contributed by atoms with van der Waals surface area (Å²) in [5, 5.41) is 2.74. The summed E-state index contributed by atoms with van der Waals surface area (Å²) in [6.07, 6.45) is 3.91. The third-order valence-corrected chi connectivity index (χ3v) is 1.66. The van der Waals surface area contributed by atoms with Gasteiger partial charge in [-0.25, -0.2) is 0 Å². The number of carbonyl (C=O) groups excluding carboxylic acids is 1. The maximum absolute atomic E-state index is 11.0. The summed E-state index contributed by atoms with van der Waals surface area (Å²) in [7, 11) is 3.45. The Hall–Kier alpha value is -1.29. The maximum Gasteiger partial charge on any atom is 0.246 e. The first-order valence-corrected chi connectivity index (χ1v) is 4.09. The smallest absolute Gasteiger partial charge is 0.246 e. The zero-order valence-corrected chi connectivity index (χ0v) is 7.91. The topological polar surface area (TPSA) is 43.3 Å². The first-order chi connectivity index (χ1) is 6.22. The Kier molecular flexibility index (Phi) is 3.52. The summed E-state index contributed by atoms with van der Waals surface area (Å²) < 4.78 is 6.62. The maximum atomic E-state index is 11.0. The molecule has 4 nitrogen and oxygen atoms in total. The first kappa shape index (κ1) is 9.80. The Labute approximate surface area is 77.5 Å². The number of carbonyl (C=O) groups is 1. The molecule has 1 rings (SSSR count). The van der Waals surface area contributed by atoms with E-state index in [4.69, 9.17) is 0 Å².